The van der Waals surface area contributed by atoms with Crippen LogP contribution in [0.25, 0.3) is 0 Å². The number of nitrogens with zero attached hydrogens (tertiary/aromatic N) is 2. The second kappa shape index (κ2) is 6.87. The number of H-pyrrole nitrogens is 1. The van der Waals surface area contributed by atoms with Crippen molar-refractivity contribution in [1.82, 2.24) is 15.2 Å². The fraction of sp³-hybridized carbons (Fsp3) is 0.167. The molecule has 0 bridgehead atoms. The lowest BCUT2D eigenvalue weighted by Gasteiger charge is -2.14. The molecule has 116 valence electrons. The second-order valence-electron chi connectivity index (χ2n) is 5.39. The van der Waals surface area contributed by atoms with E-state index in [9.17, 15) is 4.79 Å². The first-order valence-corrected chi connectivity index (χ1v) is 7.53. The maximum Gasteiger partial charge on any atom is 0.274 e. The third-order valence-electron chi connectivity index (χ3n) is 3.63. The number of hydrogen-bond acceptors (Lipinski definition) is 4. The molecule has 0 aliphatic rings. The number of rotatable bonds is 5. The fourth-order valence-electron chi connectivity index (χ4n) is 2.36. The zero-order valence-corrected chi connectivity index (χ0v) is 12.9. The van der Waals surface area contributed by atoms with Crippen LogP contribution in [0.4, 0.5) is 5.95 Å². The molecule has 0 aliphatic carbocycles. The molecule has 0 spiro atoms. The predicted molar refractivity (Wildman–Crippen MR) is 90.4 cm³/mol. The van der Waals surface area contributed by atoms with Gasteiger partial charge >= 0.3 is 0 Å². The van der Waals surface area contributed by atoms with Gasteiger partial charge in [-0.3, -0.25) is 9.78 Å². The smallest absolute Gasteiger partial charge is 0.274 e. The Hall–Kier alpha value is -2.95. The molecule has 23 heavy (non-hydrogen) atoms. The van der Waals surface area contributed by atoms with Crippen molar-refractivity contribution >= 4 is 5.95 Å². The molecular weight excluding hydrogens is 288 g/mol. The molecule has 1 heterocycles. The van der Waals surface area contributed by atoms with E-state index < -0.39 is 0 Å². The minimum absolute atomic E-state index is 0.0288. The van der Waals surface area contributed by atoms with E-state index in [1.165, 1.54) is 0 Å². The lowest BCUT2D eigenvalue weighted by molar-refractivity contribution is 0.811. The molecule has 2 aromatic carbocycles. The Morgan fingerprint density at radius 2 is 1.65 bits per heavy atom. The maximum absolute atomic E-state index is 12.2. The lowest BCUT2D eigenvalue weighted by atomic mass is 10.1. The number of aromatic nitrogens is 3. The average Bonchev–Trinajstić information content (AvgIpc) is 2.59. The molecule has 1 aromatic heterocycles. The summed E-state index contributed by atoms with van der Waals surface area (Å²) in [6, 6.07) is 19.7. The van der Waals surface area contributed by atoms with Gasteiger partial charge in [-0.15, -0.1) is 10.2 Å². The zero-order valence-electron chi connectivity index (χ0n) is 12.9. The first-order valence-electron chi connectivity index (χ1n) is 7.53. The summed E-state index contributed by atoms with van der Waals surface area (Å²) in [6.45, 7) is 2.01. The van der Waals surface area contributed by atoms with Crippen molar-refractivity contribution in [2.24, 2.45) is 0 Å². The average molecular weight is 306 g/mol. The van der Waals surface area contributed by atoms with E-state index in [1.54, 1.807) is 0 Å². The standard InChI is InChI=1S/C18H18N4O/c1-13(15-10-6-3-7-11-15)19-18-20-17(23)16(21-22-18)12-14-8-4-2-5-9-14/h2-11,13H,12H2,1H3,(H2,19,20,22,23). The van der Waals surface area contributed by atoms with Gasteiger partial charge in [0.2, 0.25) is 5.95 Å². The van der Waals surface area contributed by atoms with Crippen LogP contribution in [0, 0.1) is 0 Å². The molecule has 1 unspecified atom stereocenters. The summed E-state index contributed by atoms with van der Waals surface area (Å²) in [4.78, 5) is 14.9. The summed E-state index contributed by atoms with van der Waals surface area (Å²) in [6.07, 6.45) is 0.470. The zero-order chi connectivity index (χ0) is 16.1. The number of anilines is 1. The van der Waals surface area contributed by atoms with Crippen LogP contribution < -0.4 is 10.9 Å². The molecule has 0 amide bonds. The van der Waals surface area contributed by atoms with Crippen LogP contribution in [0.15, 0.2) is 65.5 Å². The van der Waals surface area contributed by atoms with Crippen LogP contribution in [0.5, 0.6) is 0 Å². The molecule has 0 radical (unpaired) electrons. The predicted octanol–water partition coefficient (Wildman–Crippen LogP) is 2.93. The second-order valence-corrected chi connectivity index (χ2v) is 5.39. The van der Waals surface area contributed by atoms with Crippen LogP contribution in [-0.2, 0) is 6.42 Å². The van der Waals surface area contributed by atoms with E-state index in [2.05, 4.69) is 20.5 Å². The highest BCUT2D eigenvalue weighted by Crippen LogP contribution is 2.15. The molecule has 5 heteroatoms. The molecule has 0 fully saturated rings. The molecule has 3 rings (SSSR count). The van der Waals surface area contributed by atoms with Gasteiger partial charge in [-0.25, -0.2) is 0 Å². The molecule has 3 aromatic rings. The van der Waals surface area contributed by atoms with E-state index in [1.807, 2.05) is 67.6 Å². The van der Waals surface area contributed by atoms with Crippen molar-refractivity contribution in [3.63, 3.8) is 0 Å². The van der Waals surface area contributed by atoms with Crippen LogP contribution in [-0.4, -0.2) is 15.2 Å². The van der Waals surface area contributed by atoms with Crippen molar-refractivity contribution in [3.8, 4) is 0 Å². The molecule has 0 saturated heterocycles. The van der Waals surface area contributed by atoms with Gasteiger partial charge in [0, 0.05) is 6.42 Å². The Labute approximate surface area is 134 Å². The summed E-state index contributed by atoms with van der Waals surface area (Å²) in [7, 11) is 0. The highest BCUT2D eigenvalue weighted by atomic mass is 16.1. The largest absolute Gasteiger partial charge is 0.348 e. The van der Waals surface area contributed by atoms with Crippen LogP contribution in [0.1, 0.15) is 29.8 Å². The highest BCUT2D eigenvalue weighted by Gasteiger charge is 2.09. The third kappa shape index (κ3) is 3.83. The minimum Gasteiger partial charge on any atom is -0.348 e. The molecule has 0 saturated carbocycles. The van der Waals surface area contributed by atoms with E-state index in [0.717, 1.165) is 11.1 Å². The Bertz CT molecular complexity index is 815. The summed E-state index contributed by atoms with van der Waals surface area (Å²) >= 11 is 0. The third-order valence-corrected chi connectivity index (χ3v) is 3.63. The molecule has 2 N–H and O–H groups in total. The van der Waals surface area contributed by atoms with Crippen molar-refractivity contribution in [2.45, 2.75) is 19.4 Å². The fourth-order valence-corrected chi connectivity index (χ4v) is 2.36. The van der Waals surface area contributed by atoms with E-state index in [0.29, 0.717) is 18.1 Å². The Morgan fingerprint density at radius 3 is 2.30 bits per heavy atom. The van der Waals surface area contributed by atoms with Crippen LogP contribution in [0.2, 0.25) is 0 Å². The number of benzene rings is 2. The van der Waals surface area contributed by atoms with E-state index >= 15 is 0 Å². The number of nitrogens with one attached hydrogen (secondary N) is 2. The van der Waals surface area contributed by atoms with Gasteiger partial charge in [0.15, 0.2) is 0 Å². The summed E-state index contributed by atoms with van der Waals surface area (Å²) < 4.78 is 0. The summed E-state index contributed by atoms with van der Waals surface area (Å²) in [5.41, 5.74) is 2.34. The number of hydrogen-bond donors (Lipinski definition) is 2. The van der Waals surface area contributed by atoms with Gasteiger partial charge in [0.05, 0.1) is 6.04 Å². The van der Waals surface area contributed by atoms with Crippen LogP contribution in [0.3, 0.4) is 0 Å². The van der Waals surface area contributed by atoms with Crippen molar-refractivity contribution < 1.29 is 0 Å². The van der Waals surface area contributed by atoms with Crippen molar-refractivity contribution in [2.75, 3.05) is 5.32 Å². The van der Waals surface area contributed by atoms with Gasteiger partial charge in [0.1, 0.15) is 5.69 Å². The van der Waals surface area contributed by atoms with E-state index in [-0.39, 0.29) is 11.6 Å². The molecule has 1 atom stereocenters. The Balaban J connectivity index is 1.73. The van der Waals surface area contributed by atoms with Crippen molar-refractivity contribution in [1.29, 1.82) is 0 Å². The van der Waals surface area contributed by atoms with Gasteiger partial charge in [-0.2, -0.15) is 0 Å². The normalized spacial score (nSPS) is 11.9. The first-order chi connectivity index (χ1) is 11.2. The van der Waals surface area contributed by atoms with Gasteiger partial charge in [-0.05, 0) is 18.1 Å². The SMILES string of the molecule is CC(Nc1nnc(Cc2ccccc2)c(=O)[nH]1)c1ccccc1. The van der Waals surface area contributed by atoms with Crippen molar-refractivity contribution in [3.05, 3.63) is 87.8 Å². The molecule has 0 aliphatic heterocycles. The quantitative estimate of drug-likeness (QED) is 0.760. The molecular formula is C18H18N4O. The Morgan fingerprint density at radius 1 is 1.00 bits per heavy atom. The Kier molecular flexibility index (Phi) is 4.47. The molecule has 5 nitrogen and oxygen atoms in total. The lowest BCUT2D eigenvalue weighted by Crippen LogP contribution is -2.21. The van der Waals surface area contributed by atoms with Gasteiger partial charge < -0.3 is 5.32 Å². The topological polar surface area (TPSA) is 70.7 Å². The minimum atomic E-state index is -0.216. The van der Waals surface area contributed by atoms with Gasteiger partial charge in [-0.1, -0.05) is 60.7 Å². The monoisotopic (exact) mass is 306 g/mol. The van der Waals surface area contributed by atoms with Crippen LogP contribution >= 0.6 is 0 Å². The first kappa shape index (κ1) is 15.0. The maximum atomic E-state index is 12.2. The number of aromatic amines is 1. The van der Waals surface area contributed by atoms with Gasteiger partial charge in [0.25, 0.3) is 5.56 Å². The summed E-state index contributed by atoms with van der Waals surface area (Å²) in [5.74, 6) is 0.378. The van der Waals surface area contributed by atoms with E-state index in [4.69, 9.17) is 0 Å². The highest BCUT2D eigenvalue weighted by molar-refractivity contribution is 5.30. The summed E-state index contributed by atoms with van der Waals surface area (Å²) in [5, 5.41) is 11.3.